The van der Waals surface area contributed by atoms with Gasteiger partial charge in [0.25, 0.3) is 0 Å². The lowest BCUT2D eigenvalue weighted by atomic mass is 9.88. The zero-order chi connectivity index (χ0) is 20.4. The van der Waals surface area contributed by atoms with Crippen LogP contribution in [0.15, 0.2) is 6.20 Å². The molecule has 0 saturated carbocycles. The summed E-state index contributed by atoms with van der Waals surface area (Å²) in [4.78, 5) is 15.7. The molecule has 152 valence electrons. The highest BCUT2D eigenvalue weighted by Gasteiger charge is 2.28. The van der Waals surface area contributed by atoms with Crippen LogP contribution in [0.4, 0.5) is 5.00 Å². The zero-order valence-electron chi connectivity index (χ0n) is 17.2. The molecule has 0 amide bonds. The fourth-order valence-electron chi connectivity index (χ4n) is 3.55. The van der Waals surface area contributed by atoms with E-state index in [1.165, 1.54) is 12.0 Å². The Labute approximate surface area is 175 Å². The van der Waals surface area contributed by atoms with Gasteiger partial charge in [-0.25, -0.2) is 4.79 Å². The molecular formula is C20H28N4O2S2. The van der Waals surface area contributed by atoms with E-state index >= 15 is 0 Å². The molecule has 28 heavy (non-hydrogen) atoms. The lowest BCUT2D eigenvalue weighted by Gasteiger charge is -2.20. The van der Waals surface area contributed by atoms with Crippen LogP contribution in [0.2, 0.25) is 0 Å². The summed E-state index contributed by atoms with van der Waals surface area (Å²) in [5.41, 5.74) is 3.93. The number of methoxy groups -OCH3 is 1. The van der Waals surface area contributed by atoms with Crippen molar-refractivity contribution in [3.05, 3.63) is 33.5 Å². The van der Waals surface area contributed by atoms with E-state index in [1.807, 2.05) is 23.6 Å². The standard InChI is InChI=1S/C20H28N4O2S2/c1-6-24-11-14(13(3)22-24)10-23(4)20(27)21-18-17(19(25)26-5)15-8-7-12(2)9-16(15)28-18/h11-12H,6-10H2,1-5H3,(H,21,27)/t12-/m0/s1. The number of hydrogen-bond acceptors (Lipinski definition) is 5. The first-order valence-corrected chi connectivity index (χ1v) is 10.8. The third-order valence-electron chi connectivity index (χ3n) is 5.25. The van der Waals surface area contributed by atoms with Gasteiger partial charge in [-0.3, -0.25) is 4.68 Å². The Morgan fingerprint density at radius 2 is 2.29 bits per heavy atom. The van der Waals surface area contributed by atoms with Crippen molar-refractivity contribution in [2.24, 2.45) is 5.92 Å². The van der Waals surface area contributed by atoms with E-state index in [1.54, 1.807) is 11.3 Å². The average molecular weight is 421 g/mol. The van der Waals surface area contributed by atoms with Crippen LogP contribution < -0.4 is 5.32 Å². The summed E-state index contributed by atoms with van der Waals surface area (Å²) in [7, 11) is 3.38. The van der Waals surface area contributed by atoms with E-state index in [2.05, 4.69) is 30.5 Å². The minimum Gasteiger partial charge on any atom is -0.465 e. The predicted octanol–water partition coefficient (Wildman–Crippen LogP) is 4.01. The van der Waals surface area contributed by atoms with Crippen LogP contribution in [0.3, 0.4) is 0 Å². The maximum atomic E-state index is 12.4. The number of thiocarbonyl (C=S) groups is 1. The topological polar surface area (TPSA) is 59.4 Å². The third kappa shape index (κ3) is 4.22. The first-order valence-electron chi connectivity index (χ1n) is 9.61. The summed E-state index contributed by atoms with van der Waals surface area (Å²) in [6.45, 7) is 7.84. The van der Waals surface area contributed by atoms with E-state index in [9.17, 15) is 4.79 Å². The molecule has 1 aliphatic carbocycles. The van der Waals surface area contributed by atoms with Crippen LogP contribution >= 0.6 is 23.6 Å². The normalized spacial score (nSPS) is 15.8. The molecule has 2 aromatic rings. The van der Waals surface area contributed by atoms with Crippen molar-refractivity contribution in [1.29, 1.82) is 0 Å². The average Bonchev–Trinajstić information content (AvgIpc) is 3.20. The molecular weight excluding hydrogens is 392 g/mol. The number of carbonyl (C=O) groups excluding carboxylic acids is 1. The van der Waals surface area contributed by atoms with Gasteiger partial charge in [0.05, 0.1) is 18.4 Å². The molecule has 1 atom stereocenters. The van der Waals surface area contributed by atoms with Crippen LogP contribution in [-0.4, -0.2) is 39.9 Å². The molecule has 1 aliphatic rings. The minimum absolute atomic E-state index is 0.292. The van der Waals surface area contributed by atoms with Crippen molar-refractivity contribution in [3.8, 4) is 0 Å². The van der Waals surface area contributed by atoms with E-state index in [0.29, 0.717) is 23.1 Å². The van der Waals surface area contributed by atoms with Crippen molar-refractivity contribution in [1.82, 2.24) is 14.7 Å². The number of hydrogen-bond donors (Lipinski definition) is 1. The van der Waals surface area contributed by atoms with Gasteiger partial charge in [0.2, 0.25) is 0 Å². The van der Waals surface area contributed by atoms with Gasteiger partial charge in [-0.15, -0.1) is 11.3 Å². The van der Waals surface area contributed by atoms with Crippen molar-refractivity contribution in [2.45, 2.75) is 53.1 Å². The summed E-state index contributed by atoms with van der Waals surface area (Å²) < 4.78 is 6.99. The summed E-state index contributed by atoms with van der Waals surface area (Å²) in [5.74, 6) is 0.345. The van der Waals surface area contributed by atoms with Crippen molar-refractivity contribution < 1.29 is 9.53 Å². The second kappa shape index (κ2) is 8.61. The molecule has 6 nitrogen and oxygen atoms in total. The molecule has 0 aromatic carbocycles. The number of esters is 1. The molecule has 0 bridgehead atoms. The molecule has 0 unspecified atom stereocenters. The van der Waals surface area contributed by atoms with Crippen LogP contribution in [0.1, 0.15) is 52.3 Å². The van der Waals surface area contributed by atoms with Crippen molar-refractivity contribution in [3.63, 3.8) is 0 Å². The summed E-state index contributed by atoms with van der Waals surface area (Å²) in [5, 5.41) is 9.18. The van der Waals surface area contributed by atoms with Crippen LogP contribution in [0.25, 0.3) is 0 Å². The molecule has 2 aromatic heterocycles. The summed E-state index contributed by atoms with van der Waals surface area (Å²) in [6.07, 6.45) is 5.07. The smallest absolute Gasteiger partial charge is 0.341 e. The lowest BCUT2D eigenvalue weighted by Crippen LogP contribution is -2.31. The predicted molar refractivity (Wildman–Crippen MR) is 117 cm³/mol. The fourth-order valence-corrected chi connectivity index (χ4v) is 5.18. The van der Waals surface area contributed by atoms with E-state index in [4.69, 9.17) is 17.0 Å². The van der Waals surface area contributed by atoms with Gasteiger partial charge in [-0.1, -0.05) is 6.92 Å². The lowest BCUT2D eigenvalue weighted by molar-refractivity contribution is 0.0601. The van der Waals surface area contributed by atoms with Gasteiger partial charge in [0.15, 0.2) is 5.11 Å². The number of anilines is 1. The maximum absolute atomic E-state index is 12.4. The Hall–Kier alpha value is -1.93. The highest BCUT2D eigenvalue weighted by molar-refractivity contribution is 7.80. The monoisotopic (exact) mass is 420 g/mol. The highest BCUT2D eigenvalue weighted by atomic mass is 32.1. The number of aryl methyl sites for hydroxylation is 2. The van der Waals surface area contributed by atoms with Gasteiger partial charge in [0, 0.05) is 36.8 Å². The maximum Gasteiger partial charge on any atom is 0.341 e. The molecule has 8 heteroatoms. The Balaban J connectivity index is 1.79. The van der Waals surface area contributed by atoms with E-state index in [-0.39, 0.29) is 5.97 Å². The Morgan fingerprint density at radius 3 is 2.93 bits per heavy atom. The van der Waals surface area contributed by atoms with Gasteiger partial charge < -0.3 is 15.0 Å². The number of aromatic nitrogens is 2. The molecule has 0 saturated heterocycles. The Bertz CT molecular complexity index is 887. The van der Waals surface area contributed by atoms with Crippen molar-refractivity contribution in [2.75, 3.05) is 19.5 Å². The molecule has 0 fully saturated rings. The van der Waals surface area contributed by atoms with Crippen LogP contribution in [0, 0.1) is 12.8 Å². The largest absolute Gasteiger partial charge is 0.465 e. The molecule has 0 spiro atoms. The zero-order valence-corrected chi connectivity index (χ0v) is 18.8. The number of nitrogens with one attached hydrogen (secondary N) is 1. The number of nitrogens with zero attached hydrogens (tertiary/aromatic N) is 3. The second-order valence-electron chi connectivity index (χ2n) is 7.43. The quantitative estimate of drug-likeness (QED) is 0.583. The molecule has 3 rings (SSSR count). The van der Waals surface area contributed by atoms with Crippen LogP contribution in [0.5, 0.6) is 0 Å². The first-order chi connectivity index (χ1) is 13.3. The molecule has 0 aliphatic heterocycles. The number of thiophene rings is 1. The number of rotatable bonds is 5. The SMILES string of the molecule is CCn1cc(CN(C)C(=S)Nc2sc3c(c2C(=O)OC)CC[C@H](C)C3)c(C)n1. The Kier molecular flexibility index (Phi) is 6.40. The second-order valence-corrected chi connectivity index (χ2v) is 8.92. The Morgan fingerprint density at radius 1 is 1.54 bits per heavy atom. The summed E-state index contributed by atoms with van der Waals surface area (Å²) in [6, 6.07) is 0. The van der Waals surface area contributed by atoms with Gasteiger partial charge in [-0.05, 0) is 56.8 Å². The molecule has 0 radical (unpaired) electrons. The molecule has 2 heterocycles. The third-order valence-corrected chi connectivity index (χ3v) is 6.83. The van der Waals surface area contributed by atoms with E-state index < -0.39 is 0 Å². The molecule has 1 N–H and O–H groups in total. The van der Waals surface area contributed by atoms with Gasteiger partial charge in [0.1, 0.15) is 5.00 Å². The number of carbonyl (C=O) groups is 1. The van der Waals surface area contributed by atoms with Crippen LogP contribution in [-0.2, 0) is 30.7 Å². The highest BCUT2D eigenvalue weighted by Crippen LogP contribution is 2.40. The number of ether oxygens (including phenoxy) is 1. The van der Waals surface area contributed by atoms with Gasteiger partial charge >= 0.3 is 5.97 Å². The summed E-state index contributed by atoms with van der Waals surface area (Å²) >= 11 is 7.25. The fraction of sp³-hybridized carbons (Fsp3) is 0.550. The first kappa shape index (κ1) is 20.8. The van der Waals surface area contributed by atoms with Crippen molar-refractivity contribution >= 4 is 39.6 Å². The van der Waals surface area contributed by atoms with E-state index in [0.717, 1.165) is 47.6 Å². The minimum atomic E-state index is -0.292. The number of fused-ring (bicyclic) bond motifs is 1. The van der Waals surface area contributed by atoms with Gasteiger partial charge in [-0.2, -0.15) is 5.10 Å².